The molecule has 0 unspecified atom stereocenters. The molecule has 0 bridgehead atoms. The van der Waals surface area contributed by atoms with Gasteiger partial charge in [0.2, 0.25) is 0 Å². The van der Waals surface area contributed by atoms with Gasteiger partial charge in [0.15, 0.2) is 0 Å². The SMILES string of the molecule is COc1ccc2c(c1)N(Cc1cccc(F)c1)C(=O)C2=O. The van der Waals surface area contributed by atoms with Crippen LogP contribution in [0.5, 0.6) is 5.75 Å². The molecule has 0 N–H and O–H groups in total. The molecule has 0 aromatic heterocycles. The standard InChI is InChI=1S/C16H12FNO3/c1-21-12-5-6-13-14(8-12)18(16(20)15(13)19)9-10-3-2-4-11(17)7-10/h2-8H,9H2,1H3. The number of amides is 1. The van der Waals surface area contributed by atoms with Crippen LogP contribution in [-0.4, -0.2) is 18.8 Å². The van der Waals surface area contributed by atoms with Gasteiger partial charge in [-0.25, -0.2) is 4.39 Å². The highest BCUT2D eigenvalue weighted by Gasteiger charge is 2.36. The molecule has 106 valence electrons. The van der Waals surface area contributed by atoms with Gasteiger partial charge < -0.3 is 9.64 Å². The fourth-order valence-electron chi connectivity index (χ4n) is 2.38. The molecular formula is C16H12FNO3. The Morgan fingerprint density at radius 1 is 1.14 bits per heavy atom. The van der Waals surface area contributed by atoms with E-state index in [1.165, 1.54) is 24.1 Å². The number of benzene rings is 2. The van der Waals surface area contributed by atoms with E-state index in [-0.39, 0.29) is 12.4 Å². The molecule has 0 radical (unpaired) electrons. The van der Waals surface area contributed by atoms with Gasteiger partial charge in [-0.2, -0.15) is 0 Å². The van der Waals surface area contributed by atoms with E-state index in [2.05, 4.69) is 0 Å². The van der Waals surface area contributed by atoms with E-state index >= 15 is 0 Å². The fraction of sp³-hybridized carbons (Fsp3) is 0.125. The van der Waals surface area contributed by atoms with Crippen molar-refractivity contribution in [2.24, 2.45) is 0 Å². The summed E-state index contributed by atoms with van der Waals surface area (Å²) in [6, 6.07) is 10.8. The molecule has 0 saturated heterocycles. The lowest BCUT2D eigenvalue weighted by Gasteiger charge is -2.17. The molecule has 1 aliphatic heterocycles. The number of ether oxygens (including phenoxy) is 1. The lowest BCUT2D eigenvalue weighted by molar-refractivity contribution is -0.114. The molecule has 2 aromatic rings. The van der Waals surface area contributed by atoms with Crippen LogP contribution >= 0.6 is 0 Å². The molecule has 0 spiro atoms. The summed E-state index contributed by atoms with van der Waals surface area (Å²) in [6.45, 7) is 0.141. The molecule has 2 aromatic carbocycles. The number of hydrogen-bond donors (Lipinski definition) is 0. The zero-order chi connectivity index (χ0) is 15.0. The van der Waals surface area contributed by atoms with E-state index in [4.69, 9.17) is 4.74 Å². The van der Waals surface area contributed by atoms with Crippen molar-refractivity contribution < 1.29 is 18.7 Å². The average molecular weight is 285 g/mol. The molecule has 0 saturated carbocycles. The molecule has 0 atom stereocenters. The Hall–Kier alpha value is -2.69. The number of hydrogen-bond acceptors (Lipinski definition) is 3. The quantitative estimate of drug-likeness (QED) is 0.814. The fourth-order valence-corrected chi connectivity index (χ4v) is 2.38. The minimum absolute atomic E-state index is 0.141. The number of halogens is 1. The maximum atomic E-state index is 13.2. The number of Topliss-reactive ketones (excluding diaryl/α,β-unsaturated/α-hetero) is 1. The third-order valence-corrected chi connectivity index (χ3v) is 3.41. The van der Waals surface area contributed by atoms with Crippen LogP contribution < -0.4 is 9.64 Å². The highest BCUT2D eigenvalue weighted by atomic mass is 19.1. The molecule has 21 heavy (non-hydrogen) atoms. The first-order chi connectivity index (χ1) is 10.1. The number of carbonyl (C=O) groups excluding carboxylic acids is 2. The molecule has 0 fully saturated rings. The van der Waals surface area contributed by atoms with Crippen molar-refractivity contribution in [2.75, 3.05) is 12.0 Å². The second-order valence-corrected chi connectivity index (χ2v) is 4.73. The summed E-state index contributed by atoms with van der Waals surface area (Å²) in [5, 5.41) is 0. The zero-order valence-corrected chi connectivity index (χ0v) is 11.3. The second kappa shape index (κ2) is 5.01. The van der Waals surface area contributed by atoms with Gasteiger partial charge in [0.25, 0.3) is 11.7 Å². The Morgan fingerprint density at radius 2 is 1.95 bits per heavy atom. The van der Waals surface area contributed by atoms with Crippen LogP contribution in [0.3, 0.4) is 0 Å². The summed E-state index contributed by atoms with van der Waals surface area (Å²) in [6.07, 6.45) is 0. The van der Waals surface area contributed by atoms with E-state index in [0.717, 1.165) is 0 Å². The monoisotopic (exact) mass is 285 g/mol. The number of methoxy groups -OCH3 is 1. The van der Waals surface area contributed by atoms with Crippen LogP contribution in [-0.2, 0) is 11.3 Å². The first-order valence-electron chi connectivity index (χ1n) is 6.39. The molecule has 3 rings (SSSR count). The Kier molecular flexibility index (Phi) is 3.17. The topological polar surface area (TPSA) is 46.6 Å². The smallest absolute Gasteiger partial charge is 0.299 e. The minimum Gasteiger partial charge on any atom is -0.497 e. The van der Waals surface area contributed by atoms with Crippen molar-refractivity contribution in [1.82, 2.24) is 0 Å². The Morgan fingerprint density at radius 3 is 2.67 bits per heavy atom. The predicted octanol–water partition coefficient (Wildman–Crippen LogP) is 2.56. The Balaban J connectivity index is 2.00. The first-order valence-corrected chi connectivity index (χ1v) is 6.39. The van der Waals surface area contributed by atoms with E-state index in [1.807, 2.05) is 0 Å². The van der Waals surface area contributed by atoms with Crippen LogP contribution in [0.2, 0.25) is 0 Å². The number of carbonyl (C=O) groups is 2. The highest BCUT2D eigenvalue weighted by molar-refractivity contribution is 6.52. The van der Waals surface area contributed by atoms with Gasteiger partial charge in [-0.3, -0.25) is 9.59 Å². The van der Waals surface area contributed by atoms with E-state index < -0.39 is 11.7 Å². The summed E-state index contributed by atoms with van der Waals surface area (Å²) in [5.74, 6) is -0.983. The second-order valence-electron chi connectivity index (χ2n) is 4.73. The van der Waals surface area contributed by atoms with E-state index in [0.29, 0.717) is 22.6 Å². The lowest BCUT2D eigenvalue weighted by atomic mass is 10.1. The number of fused-ring (bicyclic) bond motifs is 1. The molecular weight excluding hydrogens is 273 g/mol. The maximum Gasteiger partial charge on any atom is 0.299 e. The van der Waals surface area contributed by atoms with Crippen LogP contribution in [0.4, 0.5) is 10.1 Å². The number of ketones is 1. The maximum absolute atomic E-state index is 13.2. The summed E-state index contributed by atoms with van der Waals surface area (Å²) in [5.41, 5.74) is 1.46. The van der Waals surface area contributed by atoms with Gasteiger partial charge >= 0.3 is 0 Å². The molecule has 1 aliphatic rings. The molecule has 4 nitrogen and oxygen atoms in total. The normalized spacial score (nSPS) is 13.5. The van der Waals surface area contributed by atoms with Gasteiger partial charge in [0.1, 0.15) is 11.6 Å². The highest BCUT2D eigenvalue weighted by Crippen LogP contribution is 2.33. The summed E-state index contributed by atoms with van der Waals surface area (Å²) < 4.78 is 18.4. The lowest BCUT2D eigenvalue weighted by Crippen LogP contribution is -2.29. The van der Waals surface area contributed by atoms with Gasteiger partial charge in [-0.15, -0.1) is 0 Å². The van der Waals surface area contributed by atoms with Crippen molar-refractivity contribution in [1.29, 1.82) is 0 Å². The van der Waals surface area contributed by atoms with E-state index in [9.17, 15) is 14.0 Å². The summed E-state index contributed by atoms with van der Waals surface area (Å²) in [4.78, 5) is 25.4. The third kappa shape index (κ3) is 2.27. The number of nitrogens with zero attached hydrogens (tertiary/aromatic N) is 1. The zero-order valence-electron chi connectivity index (χ0n) is 11.3. The third-order valence-electron chi connectivity index (χ3n) is 3.41. The van der Waals surface area contributed by atoms with Gasteiger partial charge in [0.05, 0.1) is 24.9 Å². The van der Waals surface area contributed by atoms with Crippen molar-refractivity contribution in [3.8, 4) is 5.75 Å². The van der Waals surface area contributed by atoms with Gasteiger partial charge in [0, 0.05) is 6.07 Å². The molecule has 5 heteroatoms. The molecule has 0 aliphatic carbocycles. The van der Waals surface area contributed by atoms with E-state index in [1.54, 1.807) is 30.3 Å². The number of rotatable bonds is 3. The largest absolute Gasteiger partial charge is 0.497 e. The van der Waals surface area contributed by atoms with Crippen LogP contribution in [0, 0.1) is 5.82 Å². The van der Waals surface area contributed by atoms with Gasteiger partial charge in [-0.1, -0.05) is 12.1 Å². The number of anilines is 1. The minimum atomic E-state index is -0.609. The van der Waals surface area contributed by atoms with Crippen molar-refractivity contribution in [3.05, 3.63) is 59.4 Å². The van der Waals surface area contributed by atoms with Crippen LogP contribution in [0.15, 0.2) is 42.5 Å². The van der Waals surface area contributed by atoms with Crippen LogP contribution in [0.1, 0.15) is 15.9 Å². The Bertz CT molecular complexity index is 742. The van der Waals surface area contributed by atoms with Crippen molar-refractivity contribution in [3.63, 3.8) is 0 Å². The average Bonchev–Trinajstić information content (AvgIpc) is 2.72. The van der Waals surface area contributed by atoms with Crippen LogP contribution in [0.25, 0.3) is 0 Å². The van der Waals surface area contributed by atoms with Crippen molar-refractivity contribution in [2.45, 2.75) is 6.54 Å². The molecule has 1 heterocycles. The predicted molar refractivity (Wildman–Crippen MR) is 74.9 cm³/mol. The summed E-state index contributed by atoms with van der Waals surface area (Å²) in [7, 11) is 1.51. The Labute approximate surface area is 120 Å². The van der Waals surface area contributed by atoms with Crippen molar-refractivity contribution >= 4 is 17.4 Å². The first kappa shape index (κ1) is 13.3. The summed E-state index contributed by atoms with van der Waals surface area (Å²) >= 11 is 0. The molecule has 1 amide bonds. The van der Waals surface area contributed by atoms with Gasteiger partial charge in [-0.05, 0) is 29.8 Å².